The molecule has 3 rings (SSSR count). The van der Waals surface area contributed by atoms with Gasteiger partial charge in [0.05, 0.1) is 5.52 Å². The van der Waals surface area contributed by atoms with Crippen LogP contribution >= 0.6 is 0 Å². The highest BCUT2D eigenvalue weighted by Gasteiger charge is 2.11. The van der Waals surface area contributed by atoms with E-state index < -0.39 is 0 Å². The molecule has 0 saturated heterocycles. The summed E-state index contributed by atoms with van der Waals surface area (Å²) in [4.78, 5) is 16.8. The molecule has 0 aliphatic carbocycles. The molecule has 0 unspecified atom stereocenters. The first-order valence-corrected chi connectivity index (χ1v) is 7.31. The molecule has 2 aromatic carbocycles. The van der Waals surface area contributed by atoms with E-state index in [1.165, 1.54) is 0 Å². The lowest BCUT2D eigenvalue weighted by atomic mass is 10.0. The van der Waals surface area contributed by atoms with Crippen molar-refractivity contribution in [2.75, 3.05) is 38.0 Å². The fourth-order valence-corrected chi connectivity index (χ4v) is 2.82. The number of aryl methyl sites for hydroxylation is 1. The van der Waals surface area contributed by atoms with Crippen molar-refractivity contribution in [3.63, 3.8) is 0 Å². The van der Waals surface area contributed by atoms with Crippen molar-refractivity contribution >= 4 is 33.1 Å². The minimum atomic E-state index is 0.0436. The molecule has 0 atom stereocenters. The van der Waals surface area contributed by atoms with Crippen molar-refractivity contribution in [2.24, 2.45) is 7.05 Å². The summed E-state index contributed by atoms with van der Waals surface area (Å²) in [5.41, 5.74) is 3.13. The second-order valence-corrected chi connectivity index (χ2v) is 6.08. The molecule has 4 heteroatoms. The third-order valence-corrected chi connectivity index (χ3v) is 4.20. The van der Waals surface area contributed by atoms with E-state index in [-0.39, 0.29) is 5.56 Å². The summed E-state index contributed by atoms with van der Waals surface area (Å²) in [7, 11) is 9.81. The zero-order valence-electron chi connectivity index (χ0n) is 13.7. The van der Waals surface area contributed by atoms with E-state index in [4.69, 9.17) is 0 Å². The van der Waals surface area contributed by atoms with Gasteiger partial charge in [0.1, 0.15) is 0 Å². The Morgan fingerprint density at radius 2 is 1.32 bits per heavy atom. The molecular formula is C18H21N3O. The summed E-state index contributed by atoms with van der Waals surface area (Å²) < 4.78 is 1.74. The molecule has 0 spiro atoms. The lowest BCUT2D eigenvalue weighted by Gasteiger charge is -2.17. The van der Waals surface area contributed by atoms with Crippen LogP contribution in [0.15, 0.2) is 41.2 Å². The number of aromatic nitrogens is 1. The molecule has 0 fully saturated rings. The first-order valence-electron chi connectivity index (χ1n) is 7.31. The number of hydrogen-bond donors (Lipinski definition) is 0. The van der Waals surface area contributed by atoms with E-state index in [1.54, 1.807) is 4.57 Å². The second kappa shape index (κ2) is 5.05. The second-order valence-electron chi connectivity index (χ2n) is 6.08. The van der Waals surface area contributed by atoms with E-state index in [2.05, 4.69) is 24.3 Å². The number of fused-ring (bicyclic) bond motifs is 3. The topological polar surface area (TPSA) is 28.5 Å². The van der Waals surface area contributed by atoms with E-state index in [1.807, 2.05) is 57.2 Å². The highest BCUT2D eigenvalue weighted by molar-refractivity contribution is 6.07. The van der Waals surface area contributed by atoms with Gasteiger partial charge in [0.15, 0.2) is 0 Å². The van der Waals surface area contributed by atoms with Gasteiger partial charge in [0.2, 0.25) is 0 Å². The SMILES string of the molecule is CN(C)c1ccc2c(c1)c(=O)n(C)c1cc(N(C)C)ccc21. The van der Waals surface area contributed by atoms with Crippen LogP contribution in [-0.2, 0) is 7.05 Å². The van der Waals surface area contributed by atoms with Crippen LogP contribution in [0, 0.1) is 0 Å². The molecule has 0 saturated carbocycles. The predicted molar refractivity (Wildman–Crippen MR) is 95.3 cm³/mol. The maximum absolute atomic E-state index is 12.7. The molecule has 0 N–H and O–H groups in total. The minimum absolute atomic E-state index is 0.0436. The third kappa shape index (κ3) is 2.11. The molecule has 114 valence electrons. The van der Waals surface area contributed by atoms with Gasteiger partial charge >= 0.3 is 0 Å². The van der Waals surface area contributed by atoms with Crippen LogP contribution in [0.25, 0.3) is 21.7 Å². The van der Waals surface area contributed by atoms with Crippen LogP contribution < -0.4 is 15.4 Å². The fraction of sp³-hybridized carbons (Fsp3) is 0.278. The molecule has 0 radical (unpaired) electrons. The van der Waals surface area contributed by atoms with Crippen molar-refractivity contribution in [3.8, 4) is 0 Å². The van der Waals surface area contributed by atoms with Gasteiger partial charge in [-0.25, -0.2) is 0 Å². The normalized spacial score (nSPS) is 11.1. The number of hydrogen-bond acceptors (Lipinski definition) is 3. The summed E-state index contributed by atoms with van der Waals surface area (Å²) in [6.07, 6.45) is 0. The summed E-state index contributed by atoms with van der Waals surface area (Å²) in [5.74, 6) is 0. The van der Waals surface area contributed by atoms with Gasteiger partial charge in [0, 0.05) is 57.4 Å². The van der Waals surface area contributed by atoms with E-state index in [0.29, 0.717) is 0 Å². The van der Waals surface area contributed by atoms with Crippen molar-refractivity contribution in [2.45, 2.75) is 0 Å². The summed E-state index contributed by atoms with van der Waals surface area (Å²) in [6.45, 7) is 0. The molecule has 0 amide bonds. The van der Waals surface area contributed by atoms with Gasteiger partial charge in [-0.3, -0.25) is 4.79 Å². The molecule has 0 aliphatic rings. The zero-order chi connectivity index (χ0) is 16.0. The van der Waals surface area contributed by atoms with Gasteiger partial charge in [0.25, 0.3) is 5.56 Å². The molecular weight excluding hydrogens is 274 g/mol. The van der Waals surface area contributed by atoms with E-state index in [0.717, 1.165) is 33.1 Å². The predicted octanol–water partition coefficient (Wildman–Crippen LogP) is 2.82. The van der Waals surface area contributed by atoms with Gasteiger partial charge < -0.3 is 14.4 Å². The lowest BCUT2D eigenvalue weighted by Crippen LogP contribution is -2.18. The van der Waals surface area contributed by atoms with Crippen LogP contribution in [0.4, 0.5) is 11.4 Å². The Kier molecular flexibility index (Phi) is 3.32. The lowest BCUT2D eigenvalue weighted by molar-refractivity contribution is 0.917. The van der Waals surface area contributed by atoms with Crippen LogP contribution in [-0.4, -0.2) is 32.8 Å². The quantitative estimate of drug-likeness (QED) is 0.681. The van der Waals surface area contributed by atoms with Crippen LogP contribution in [0.2, 0.25) is 0 Å². The smallest absolute Gasteiger partial charge is 0.258 e. The molecule has 22 heavy (non-hydrogen) atoms. The summed E-state index contributed by atoms with van der Waals surface area (Å²) >= 11 is 0. The molecule has 0 aliphatic heterocycles. The molecule has 0 bridgehead atoms. The highest BCUT2D eigenvalue weighted by Crippen LogP contribution is 2.28. The summed E-state index contributed by atoms with van der Waals surface area (Å²) in [5, 5.41) is 2.88. The minimum Gasteiger partial charge on any atom is -0.378 e. The molecule has 1 heterocycles. The van der Waals surface area contributed by atoms with Crippen molar-refractivity contribution in [3.05, 3.63) is 46.8 Å². The van der Waals surface area contributed by atoms with Gasteiger partial charge in [-0.2, -0.15) is 0 Å². The standard InChI is InChI=1S/C18H21N3O/c1-19(2)12-6-8-14-15-9-7-13(20(3)4)11-17(15)21(5)18(22)16(14)10-12/h6-11H,1-5H3. The maximum Gasteiger partial charge on any atom is 0.258 e. The maximum atomic E-state index is 12.7. The Labute approximate surface area is 130 Å². The van der Waals surface area contributed by atoms with Gasteiger partial charge in [-0.05, 0) is 29.7 Å². The highest BCUT2D eigenvalue weighted by atomic mass is 16.1. The molecule has 4 nitrogen and oxygen atoms in total. The Morgan fingerprint density at radius 3 is 1.91 bits per heavy atom. The molecule has 3 aromatic rings. The van der Waals surface area contributed by atoms with Crippen molar-refractivity contribution in [1.82, 2.24) is 4.57 Å². The molecule has 1 aromatic heterocycles. The Balaban J connectivity index is 2.44. The van der Waals surface area contributed by atoms with Crippen molar-refractivity contribution in [1.29, 1.82) is 0 Å². The average Bonchev–Trinajstić information content (AvgIpc) is 2.51. The van der Waals surface area contributed by atoms with E-state index >= 15 is 0 Å². The van der Waals surface area contributed by atoms with Crippen molar-refractivity contribution < 1.29 is 0 Å². The van der Waals surface area contributed by atoms with Crippen LogP contribution in [0.3, 0.4) is 0 Å². The first kappa shape index (κ1) is 14.4. The zero-order valence-corrected chi connectivity index (χ0v) is 13.7. The third-order valence-electron chi connectivity index (χ3n) is 4.20. The van der Waals surface area contributed by atoms with Gasteiger partial charge in [-0.15, -0.1) is 0 Å². The number of rotatable bonds is 2. The summed E-state index contributed by atoms with van der Waals surface area (Å²) in [6, 6.07) is 12.3. The number of anilines is 2. The number of benzene rings is 2. The Hall–Kier alpha value is -2.49. The van der Waals surface area contributed by atoms with E-state index in [9.17, 15) is 4.79 Å². The monoisotopic (exact) mass is 295 g/mol. The fourth-order valence-electron chi connectivity index (χ4n) is 2.82. The largest absolute Gasteiger partial charge is 0.378 e. The first-order chi connectivity index (χ1) is 10.4. The Bertz CT molecular complexity index is 923. The Morgan fingerprint density at radius 1 is 0.773 bits per heavy atom. The number of pyridine rings is 1. The number of nitrogens with zero attached hydrogens (tertiary/aromatic N) is 3. The van der Waals surface area contributed by atoms with Crippen LogP contribution in [0.5, 0.6) is 0 Å². The van der Waals surface area contributed by atoms with Crippen LogP contribution in [0.1, 0.15) is 0 Å². The van der Waals surface area contributed by atoms with Gasteiger partial charge in [-0.1, -0.05) is 12.1 Å². The average molecular weight is 295 g/mol.